The lowest BCUT2D eigenvalue weighted by Crippen LogP contribution is -2.29. The fourth-order valence-electron chi connectivity index (χ4n) is 3.51. The van der Waals surface area contributed by atoms with E-state index in [2.05, 4.69) is 11.8 Å². The number of ether oxygens (including phenoxy) is 2. The van der Waals surface area contributed by atoms with Gasteiger partial charge in [-0.3, -0.25) is 0 Å². The van der Waals surface area contributed by atoms with Gasteiger partial charge in [0, 0.05) is 11.6 Å². The number of hydrogen-bond acceptors (Lipinski definition) is 3. The minimum Gasteiger partial charge on any atom is -0.479 e. The van der Waals surface area contributed by atoms with Gasteiger partial charge in [0.2, 0.25) is 0 Å². The highest BCUT2D eigenvalue weighted by Gasteiger charge is 2.29. The summed E-state index contributed by atoms with van der Waals surface area (Å²) in [6.07, 6.45) is 0. The van der Waals surface area contributed by atoms with E-state index in [-0.39, 0.29) is 5.75 Å². The first kappa shape index (κ1) is 26.0. The van der Waals surface area contributed by atoms with E-state index in [1.165, 1.54) is 24.3 Å². The molecule has 6 heteroatoms. The van der Waals surface area contributed by atoms with Crippen LogP contribution in [0.4, 0.5) is 8.78 Å². The van der Waals surface area contributed by atoms with Crippen LogP contribution < -0.4 is 4.74 Å². The minimum atomic E-state index is -1.14. The smallest absolute Gasteiger partial charge is 0.345 e. The van der Waals surface area contributed by atoms with Gasteiger partial charge in [-0.1, -0.05) is 54.3 Å². The van der Waals surface area contributed by atoms with Gasteiger partial charge in [-0.25, -0.2) is 13.6 Å². The monoisotopic (exact) mass is 515 g/mol. The Bertz CT molecular complexity index is 1390. The lowest BCUT2D eigenvalue weighted by molar-refractivity contribution is -0.154. The van der Waals surface area contributed by atoms with Crippen molar-refractivity contribution in [2.75, 3.05) is 6.61 Å². The van der Waals surface area contributed by atoms with Gasteiger partial charge in [0.15, 0.2) is 38.5 Å². The second-order valence-electron chi connectivity index (χ2n) is 8.56. The van der Waals surface area contributed by atoms with Crippen LogP contribution in [0.25, 0.3) is 0 Å². The van der Waals surface area contributed by atoms with Gasteiger partial charge in [-0.2, -0.15) is 0 Å². The Hall–Kier alpha value is -4.08. The zero-order valence-corrected chi connectivity index (χ0v) is 21.2. The van der Waals surface area contributed by atoms with Gasteiger partial charge < -0.3 is 9.47 Å². The van der Waals surface area contributed by atoms with Crippen LogP contribution in [0.1, 0.15) is 19.4 Å². The molecule has 0 saturated carbocycles. The van der Waals surface area contributed by atoms with Crippen LogP contribution in [0, 0.1) is 23.5 Å². The van der Waals surface area contributed by atoms with Gasteiger partial charge >= 0.3 is 5.97 Å². The maximum atomic E-state index is 15.0. The summed E-state index contributed by atoms with van der Waals surface area (Å²) in [7, 11) is -0.505. The molecule has 4 aromatic carbocycles. The third kappa shape index (κ3) is 7.22. The normalized spacial score (nSPS) is 10.9. The first-order valence-electron chi connectivity index (χ1n) is 11.6. The fraction of sp³-hybridized carbons (Fsp3) is 0.129. The molecule has 0 unspecified atom stereocenters. The predicted molar refractivity (Wildman–Crippen MR) is 140 cm³/mol. The molecule has 0 atom stereocenters. The van der Waals surface area contributed by atoms with E-state index >= 15 is 4.39 Å². The molecule has 186 valence electrons. The second-order valence-corrected chi connectivity index (χ2v) is 10.6. The summed E-state index contributed by atoms with van der Waals surface area (Å²) in [5, 5.41) is 0. The highest BCUT2D eigenvalue weighted by Crippen LogP contribution is 2.33. The molecule has 0 aromatic heterocycles. The van der Waals surface area contributed by atoms with E-state index in [1.807, 2.05) is 60.7 Å². The molecule has 0 aliphatic carbocycles. The number of hydrogen-bond donors (Lipinski definition) is 0. The van der Waals surface area contributed by atoms with E-state index in [0.29, 0.717) is 5.56 Å². The summed E-state index contributed by atoms with van der Waals surface area (Å²) < 4.78 is 39.2. The summed E-state index contributed by atoms with van der Waals surface area (Å²) in [6, 6.07) is 30.4. The number of benzene rings is 4. The molecule has 0 aliphatic rings. The van der Waals surface area contributed by atoms with Crippen molar-refractivity contribution >= 4 is 16.9 Å². The van der Waals surface area contributed by atoms with E-state index in [9.17, 15) is 9.18 Å². The second kappa shape index (κ2) is 11.8. The number of rotatable bonds is 7. The molecule has 3 nitrogen and oxygen atoms in total. The highest BCUT2D eigenvalue weighted by atomic mass is 32.2. The van der Waals surface area contributed by atoms with Gasteiger partial charge in [0.1, 0.15) is 5.82 Å². The molecule has 4 aromatic rings. The van der Waals surface area contributed by atoms with Crippen LogP contribution in [0.3, 0.4) is 0 Å². The molecule has 0 amide bonds. The lowest BCUT2D eigenvalue weighted by atomic mass is 10.1. The van der Waals surface area contributed by atoms with Crippen molar-refractivity contribution in [2.45, 2.75) is 34.1 Å². The van der Waals surface area contributed by atoms with Gasteiger partial charge in [0.25, 0.3) is 0 Å². The van der Waals surface area contributed by atoms with Gasteiger partial charge in [-0.05, 0) is 68.4 Å². The van der Waals surface area contributed by atoms with Crippen LogP contribution in [0.2, 0.25) is 0 Å². The average molecular weight is 516 g/mol. The van der Waals surface area contributed by atoms with E-state index < -0.39 is 40.7 Å². The van der Waals surface area contributed by atoms with Crippen LogP contribution in [-0.4, -0.2) is 18.2 Å². The summed E-state index contributed by atoms with van der Waals surface area (Å²) in [5.41, 5.74) is -0.679. The van der Waals surface area contributed by atoms with Crippen molar-refractivity contribution in [3.63, 3.8) is 0 Å². The number of carbonyl (C=O) groups excluding carboxylic acids is 1. The molecule has 0 N–H and O–H groups in total. The molecule has 0 heterocycles. The summed E-state index contributed by atoms with van der Waals surface area (Å²) in [5.74, 6) is 3.88. The number of esters is 1. The van der Waals surface area contributed by atoms with E-state index in [0.717, 1.165) is 14.7 Å². The highest BCUT2D eigenvalue weighted by molar-refractivity contribution is 7.97. The van der Waals surface area contributed by atoms with Crippen molar-refractivity contribution < 1.29 is 23.0 Å². The van der Waals surface area contributed by atoms with Crippen LogP contribution >= 0.6 is 0 Å². The van der Waals surface area contributed by atoms with E-state index in [1.54, 1.807) is 32.0 Å². The van der Waals surface area contributed by atoms with Crippen LogP contribution in [0.15, 0.2) is 118 Å². The molecule has 37 heavy (non-hydrogen) atoms. The molecule has 4 rings (SSSR count). The van der Waals surface area contributed by atoms with Crippen molar-refractivity contribution in [3.05, 3.63) is 120 Å². The Morgan fingerprint density at radius 1 is 0.811 bits per heavy atom. The van der Waals surface area contributed by atoms with Gasteiger partial charge in [0.05, 0.1) is 10.9 Å². The molecular weight excluding hydrogens is 490 g/mol. The van der Waals surface area contributed by atoms with Crippen molar-refractivity contribution in [1.29, 1.82) is 0 Å². The van der Waals surface area contributed by atoms with Gasteiger partial charge in [-0.15, -0.1) is 0 Å². The Labute approximate surface area is 218 Å². The van der Waals surface area contributed by atoms with Crippen molar-refractivity contribution in [2.24, 2.45) is 0 Å². The van der Waals surface area contributed by atoms with Crippen molar-refractivity contribution in [1.82, 2.24) is 0 Å². The number of carbonyl (C=O) groups is 1. The lowest BCUT2D eigenvalue weighted by Gasteiger charge is -2.19. The Kier molecular flexibility index (Phi) is 8.27. The minimum absolute atomic E-state index is 0.0472. The maximum absolute atomic E-state index is 15.0. The molecule has 0 bridgehead atoms. The van der Waals surface area contributed by atoms with Crippen LogP contribution in [-0.2, 0) is 20.4 Å². The standard InChI is InChI=1S/C31H25F2O3S/c1-31(2,19-18-23-10-9-11-24(32)20-23)36-30(34)22-35-29-17-16-27(21-28(29)33)37(25-12-5-3-6-13-25)26-14-7-4-8-15-26/h3-17,20-21H,22H2,1-2H3/q+1. The zero-order valence-electron chi connectivity index (χ0n) is 20.4. The molecular formula is C31H25F2O3S+. The first-order valence-corrected chi connectivity index (χ1v) is 12.8. The van der Waals surface area contributed by atoms with E-state index in [4.69, 9.17) is 9.47 Å². The topological polar surface area (TPSA) is 35.5 Å². The molecule has 0 radical (unpaired) electrons. The fourth-order valence-corrected chi connectivity index (χ4v) is 5.61. The Morgan fingerprint density at radius 2 is 1.46 bits per heavy atom. The molecule has 0 aliphatic heterocycles. The third-order valence-electron chi connectivity index (χ3n) is 5.14. The largest absolute Gasteiger partial charge is 0.479 e. The number of halogens is 2. The maximum Gasteiger partial charge on any atom is 0.345 e. The molecule has 0 spiro atoms. The quantitative estimate of drug-likeness (QED) is 0.154. The predicted octanol–water partition coefficient (Wildman–Crippen LogP) is 6.81. The Morgan fingerprint density at radius 3 is 2.05 bits per heavy atom. The first-order chi connectivity index (χ1) is 17.8. The van der Waals surface area contributed by atoms with Crippen molar-refractivity contribution in [3.8, 4) is 17.6 Å². The zero-order chi connectivity index (χ0) is 26.3. The summed E-state index contributed by atoms with van der Waals surface area (Å²) in [6.45, 7) is 2.74. The summed E-state index contributed by atoms with van der Waals surface area (Å²) >= 11 is 0. The summed E-state index contributed by atoms with van der Waals surface area (Å²) in [4.78, 5) is 15.3. The molecule has 0 fully saturated rings. The third-order valence-corrected chi connectivity index (χ3v) is 7.36. The molecule has 0 saturated heterocycles. The SMILES string of the molecule is CC(C)(C#Cc1cccc(F)c1)OC(=O)COc1ccc([S+](c2ccccc2)c2ccccc2)cc1F. The Balaban J connectivity index is 1.44. The average Bonchev–Trinajstić information content (AvgIpc) is 2.88. The van der Waals surface area contributed by atoms with Crippen LogP contribution in [0.5, 0.6) is 5.75 Å².